The number of carbonyl (C=O) groups excluding carboxylic acids is 1. The van der Waals surface area contributed by atoms with Gasteiger partial charge in [0.1, 0.15) is 22.3 Å². The molecule has 98 valence electrons. The first-order valence-corrected chi connectivity index (χ1v) is 7.06. The molecule has 18 heavy (non-hydrogen) atoms. The monoisotopic (exact) mass is 312 g/mol. The Hall–Kier alpha value is -1.17. The number of hydrogen-bond acceptors (Lipinski definition) is 4. The van der Waals surface area contributed by atoms with Gasteiger partial charge in [0.15, 0.2) is 0 Å². The Bertz CT molecular complexity index is 438. The van der Waals surface area contributed by atoms with Gasteiger partial charge in [-0.05, 0) is 35.2 Å². The Morgan fingerprint density at radius 1 is 1.56 bits per heavy atom. The molecule has 0 aromatic carbocycles. The van der Waals surface area contributed by atoms with Crippen molar-refractivity contribution in [2.45, 2.75) is 38.6 Å². The van der Waals surface area contributed by atoms with E-state index in [0.29, 0.717) is 5.82 Å². The van der Waals surface area contributed by atoms with Gasteiger partial charge < -0.3 is 10.6 Å². The first kappa shape index (κ1) is 13.3. The Morgan fingerprint density at radius 2 is 2.39 bits per heavy atom. The van der Waals surface area contributed by atoms with Gasteiger partial charge >= 0.3 is 0 Å². The van der Waals surface area contributed by atoms with Crippen molar-refractivity contribution in [3.05, 3.63) is 16.5 Å². The maximum atomic E-state index is 11.7. The number of nitrogens with zero attached hydrogens (tertiary/aromatic N) is 2. The number of piperidine rings is 1. The third-order valence-corrected chi connectivity index (χ3v) is 3.23. The molecule has 1 aliphatic rings. The van der Waals surface area contributed by atoms with Gasteiger partial charge in [0.2, 0.25) is 5.91 Å². The number of amides is 1. The fourth-order valence-corrected chi connectivity index (χ4v) is 2.38. The zero-order valence-corrected chi connectivity index (χ0v) is 12.0. The lowest BCUT2D eigenvalue weighted by molar-refractivity contribution is -0.123. The molecule has 1 amide bonds. The summed E-state index contributed by atoms with van der Waals surface area (Å²) in [4.78, 5) is 20.4. The molecule has 0 spiro atoms. The maximum Gasteiger partial charge on any atom is 0.242 e. The largest absolute Gasteiger partial charge is 0.358 e. The fraction of sp³-hybridized carbons (Fsp3) is 0.583. The van der Waals surface area contributed by atoms with Crippen molar-refractivity contribution in [3.8, 4) is 0 Å². The highest BCUT2D eigenvalue weighted by molar-refractivity contribution is 9.10. The van der Waals surface area contributed by atoms with Crippen LogP contribution < -0.4 is 10.6 Å². The standard InChI is InChI=1S/C12H17BrN4O/c1-2-4-10-16-9(13)7-11(17-10)15-8-5-3-6-14-12(8)18/h7-8H,2-6H2,1H3,(H,14,18)(H,15,16,17). The van der Waals surface area contributed by atoms with Crippen LogP contribution in [0.1, 0.15) is 32.0 Å². The molecule has 2 heterocycles. The first-order valence-electron chi connectivity index (χ1n) is 6.26. The number of anilines is 1. The van der Waals surface area contributed by atoms with E-state index in [0.717, 1.165) is 42.7 Å². The van der Waals surface area contributed by atoms with Crippen molar-refractivity contribution in [2.24, 2.45) is 0 Å². The lowest BCUT2D eigenvalue weighted by Gasteiger charge is -2.23. The summed E-state index contributed by atoms with van der Waals surface area (Å²) < 4.78 is 0.750. The topological polar surface area (TPSA) is 66.9 Å². The van der Waals surface area contributed by atoms with Gasteiger partial charge in [0.05, 0.1) is 0 Å². The molecular weight excluding hydrogens is 296 g/mol. The maximum absolute atomic E-state index is 11.7. The molecule has 1 fully saturated rings. The van der Waals surface area contributed by atoms with Crippen LogP contribution in [-0.2, 0) is 11.2 Å². The van der Waals surface area contributed by atoms with Crippen molar-refractivity contribution in [1.82, 2.24) is 15.3 Å². The van der Waals surface area contributed by atoms with E-state index >= 15 is 0 Å². The minimum Gasteiger partial charge on any atom is -0.358 e. The molecular formula is C12H17BrN4O. The summed E-state index contributed by atoms with van der Waals surface area (Å²) in [6.07, 6.45) is 3.68. The van der Waals surface area contributed by atoms with Crippen molar-refractivity contribution in [1.29, 1.82) is 0 Å². The van der Waals surface area contributed by atoms with Gasteiger partial charge in [-0.25, -0.2) is 9.97 Å². The summed E-state index contributed by atoms with van der Waals surface area (Å²) in [7, 11) is 0. The zero-order chi connectivity index (χ0) is 13.0. The minimum absolute atomic E-state index is 0.0491. The van der Waals surface area contributed by atoms with Gasteiger partial charge in [-0.15, -0.1) is 0 Å². The number of nitrogens with one attached hydrogen (secondary N) is 2. The molecule has 1 aliphatic heterocycles. The molecule has 1 unspecified atom stereocenters. The third kappa shape index (κ3) is 3.41. The Kier molecular flexibility index (Phi) is 4.52. The van der Waals surface area contributed by atoms with Crippen LogP contribution in [0.3, 0.4) is 0 Å². The number of hydrogen-bond donors (Lipinski definition) is 2. The van der Waals surface area contributed by atoms with Gasteiger partial charge in [-0.2, -0.15) is 0 Å². The summed E-state index contributed by atoms with van der Waals surface area (Å²) in [6, 6.07) is 1.62. The van der Waals surface area contributed by atoms with E-state index in [9.17, 15) is 4.79 Å². The highest BCUT2D eigenvalue weighted by atomic mass is 79.9. The molecule has 6 heteroatoms. The molecule has 2 N–H and O–H groups in total. The van der Waals surface area contributed by atoms with E-state index in [1.807, 2.05) is 0 Å². The first-order chi connectivity index (χ1) is 8.69. The van der Waals surface area contributed by atoms with Crippen molar-refractivity contribution >= 4 is 27.7 Å². The molecule has 0 saturated carbocycles. The highest BCUT2D eigenvalue weighted by Crippen LogP contribution is 2.16. The SMILES string of the molecule is CCCc1nc(Br)cc(NC2CCCNC2=O)n1. The number of aromatic nitrogens is 2. The van der Waals surface area contributed by atoms with Gasteiger partial charge in [0.25, 0.3) is 0 Å². The lowest BCUT2D eigenvalue weighted by atomic mass is 10.1. The van der Waals surface area contributed by atoms with Gasteiger partial charge in [-0.3, -0.25) is 4.79 Å². The Morgan fingerprint density at radius 3 is 3.11 bits per heavy atom. The molecule has 2 rings (SSSR count). The fourth-order valence-electron chi connectivity index (χ4n) is 1.96. The lowest BCUT2D eigenvalue weighted by Crippen LogP contribution is -2.44. The predicted molar refractivity (Wildman–Crippen MR) is 73.4 cm³/mol. The average Bonchev–Trinajstić information content (AvgIpc) is 2.32. The van der Waals surface area contributed by atoms with Gasteiger partial charge in [0, 0.05) is 19.0 Å². The molecule has 1 atom stereocenters. The van der Waals surface area contributed by atoms with Crippen molar-refractivity contribution < 1.29 is 4.79 Å². The highest BCUT2D eigenvalue weighted by Gasteiger charge is 2.22. The second kappa shape index (κ2) is 6.13. The molecule has 5 nitrogen and oxygen atoms in total. The van der Waals surface area contributed by atoms with E-state index in [1.54, 1.807) is 6.07 Å². The average molecular weight is 313 g/mol. The second-order valence-electron chi connectivity index (χ2n) is 4.37. The van der Waals surface area contributed by atoms with E-state index in [2.05, 4.69) is 43.5 Å². The normalized spacial score (nSPS) is 19.4. The zero-order valence-electron chi connectivity index (χ0n) is 10.4. The third-order valence-electron chi connectivity index (χ3n) is 2.82. The summed E-state index contributed by atoms with van der Waals surface area (Å²) in [5.74, 6) is 1.56. The minimum atomic E-state index is -0.185. The molecule has 1 aromatic heterocycles. The van der Waals surface area contributed by atoms with Gasteiger partial charge in [-0.1, -0.05) is 6.92 Å². The summed E-state index contributed by atoms with van der Waals surface area (Å²) >= 11 is 3.37. The van der Waals surface area contributed by atoms with E-state index in [1.165, 1.54) is 0 Å². The second-order valence-corrected chi connectivity index (χ2v) is 5.18. The van der Waals surface area contributed by atoms with E-state index in [4.69, 9.17) is 0 Å². The van der Waals surface area contributed by atoms with Crippen LogP contribution in [-0.4, -0.2) is 28.5 Å². The summed E-state index contributed by atoms with van der Waals surface area (Å²) in [6.45, 7) is 2.86. The Balaban J connectivity index is 2.10. The van der Waals surface area contributed by atoms with Crippen LogP contribution in [0.15, 0.2) is 10.7 Å². The molecule has 1 saturated heterocycles. The Labute approximate surface area is 115 Å². The number of halogens is 1. The summed E-state index contributed by atoms with van der Waals surface area (Å²) in [5, 5.41) is 6.03. The quantitative estimate of drug-likeness (QED) is 0.833. The number of carbonyl (C=O) groups is 1. The van der Waals surface area contributed by atoms with Crippen LogP contribution in [0.5, 0.6) is 0 Å². The molecule has 0 radical (unpaired) electrons. The number of aryl methyl sites for hydroxylation is 1. The van der Waals surface area contributed by atoms with Crippen LogP contribution in [0.4, 0.5) is 5.82 Å². The van der Waals surface area contributed by atoms with E-state index < -0.39 is 0 Å². The summed E-state index contributed by atoms with van der Waals surface area (Å²) in [5.41, 5.74) is 0. The van der Waals surface area contributed by atoms with Crippen LogP contribution in [0, 0.1) is 0 Å². The predicted octanol–water partition coefficient (Wildman–Crippen LogP) is 1.88. The molecule has 0 bridgehead atoms. The van der Waals surface area contributed by atoms with Crippen molar-refractivity contribution in [2.75, 3.05) is 11.9 Å². The number of rotatable bonds is 4. The van der Waals surface area contributed by atoms with Crippen molar-refractivity contribution in [3.63, 3.8) is 0 Å². The van der Waals surface area contributed by atoms with Crippen LogP contribution in [0.2, 0.25) is 0 Å². The smallest absolute Gasteiger partial charge is 0.242 e. The van der Waals surface area contributed by atoms with E-state index in [-0.39, 0.29) is 11.9 Å². The molecule has 0 aliphatic carbocycles. The van der Waals surface area contributed by atoms with Crippen LogP contribution in [0.25, 0.3) is 0 Å². The molecule has 1 aromatic rings. The van der Waals surface area contributed by atoms with Crippen LogP contribution >= 0.6 is 15.9 Å².